The Morgan fingerprint density at radius 1 is 1.27 bits per heavy atom. The molecule has 156 valence electrons. The maximum atomic E-state index is 14.8. The van der Waals surface area contributed by atoms with E-state index in [1.807, 2.05) is 0 Å². The number of hydrogen-bond acceptors (Lipinski definition) is 4. The van der Waals surface area contributed by atoms with Crippen LogP contribution in [0.5, 0.6) is 0 Å². The molecule has 0 amide bonds. The van der Waals surface area contributed by atoms with Crippen LogP contribution in [0.1, 0.15) is 22.3 Å². The van der Waals surface area contributed by atoms with Crippen LogP contribution in [0.2, 0.25) is 0 Å². The largest absolute Gasteiger partial charge is 0.390 e. The number of alkyl halides is 3. The first-order chi connectivity index (χ1) is 14.0. The smallest absolute Gasteiger partial charge is 0.345 e. The lowest BCUT2D eigenvalue weighted by molar-refractivity contribution is -0.129. The van der Waals surface area contributed by atoms with Crippen molar-refractivity contribution >= 4 is 38.2 Å². The molecule has 2 aromatic heterocycles. The predicted molar refractivity (Wildman–Crippen MR) is 100 cm³/mol. The zero-order chi connectivity index (χ0) is 22.1. The zero-order valence-corrected chi connectivity index (χ0v) is 15.7. The van der Waals surface area contributed by atoms with Crippen LogP contribution in [0.4, 0.5) is 28.9 Å². The second-order valence-corrected chi connectivity index (χ2v) is 8.03. The Labute approximate surface area is 167 Å². The van der Waals surface area contributed by atoms with Gasteiger partial charge in [0.15, 0.2) is 11.6 Å². The number of sulfonamides is 1. The summed E-state index contributed by atoms with van der Waals surface area (Å²) in [5.41, 5.74) is -0.708. The molecule has 2 N–H and O–H groups in total. The van der Waals surface area contributed by atoms with Gasteiger partial charge in [0.25, 0.3) is 0 Å². The van der Waals surface area contributed by atoms with Gasteiger partial charge in [-0.1, -0.05) is 6.07 Å². The van der Waals surface area contributed by atoms with Gasteiger partial charge in [0, 0.05) is 23.3 Å². The van der Waals surface area contributed by atoms with Crippen molar-refractivity contribution in [2.24, 2.45) is 0 Å². The number of pyridine rings is 1. The monoisotopic (exact) mass is 440 g/mol. The van der Waals surface area contributed by atoms with Crippen LogP contribution in [0.25, 0.3) is 15.9 Å². The number of aromatic amines is 1. The third-order valence-electron chi connectivity index (χ3n) is 4.05. The minimum atomic E-state index is -4.70. The third-order valence-corrected chi connectivity index (χ3v) is 5.33. The molecular weight excluding hydrogens is 428 g/mol. The Bertz CT molecular complexity index is 1280. The molecule has 1 aromatic carbocycles. The van der Waals surface area contributed by atoms with Crippen LogP contribution in [-0.2, 0) is 10.0 Å². The molecule has 0 spiro atoms. The Morgan fingerprint density at radius 3 is 2.67 bits per heavy atom. The van der Waals surface area contributed by atoms with Gasteiger partial charge in [-0.2, -0.15) is 13.2 Å². The first kappa shape index (κ1) is 21.3. The summed E-state index contributed by atoms with van der Waals surface area (Å²) in [5.74, 6) is -3.34. The second kappa shape index (κ2) is 7.75. The fourth-order valence-electron chi connectivity index (χ4n) is 2.64. The topological polar surface area (TPSA) is 96.3 Å². The van der Waals surface area contributed by atoms with E-state index < -0.39 is 51.2 Å². The highest BCUT2D eigenvalue weighted by atomic mass is 32.2. The molecule has 0 aliphatic rings. The lowest BCUT2D eigenvalue weighted by Gasteiger charge is -2.12. The number of aromatic nitrogens is 2. The molecule has 0 saturated carbocycles. The van der Waals surface area contributed by atoms with E-state index in [-0.39, 0.29) is 22.3 Å². The van der Waals surface area contributed by atoms with E-state index in [0.717, 1.165) is 12.1 Å². The molecule has 0 aliphatic carbocycles. The minimum Gasteiger partial charge on any atom is -0.345 e. The van der Waals surface area contributed by atoms with E-state index >= 15 is 0 Å². The van der Waals surface area contributed by atoms with E-state index in [9.17, 15) is 30.8 Å². The van der Waals surface area contributed by atoms with Crippen molar-refractivity contribution in [3.8, 4) is 0 Å². The number of nitrogens with one attached hydrogen (secondary N) is 2. The maximum absolute atomic E-state index is 14.8. The summed E-state index contributed by atoms with van der Waals surface area (Å²) in [5, 5.41) is 0.268. The first-order valence-electron chi connectivity index (χ1n) is 8.26. The van der Waals surface area contributed by atoms with Crippen molar-refractivity contribution in [3.63, 3.8) is 0 Å². The van der Waals surface area contributed by atoms with Gasteiger partial charge in [0.05, 0.1) is 30.0 Å². The van der Waals surface area contributed by atoms with Gasteiger partial charge in [0.1, 0.15) is 5.65 Å². The highest BCUT2D eigenvalue weighted by molar-refractivity contribution is 7.92. The average Bonchev–Trinajstić information content (AvgIpc) is 3.10. The molecule has 0 bridgehead atoms. The number of carbonyl (C=O) groups is 1. The van der Waals surface area contributed by atoms with Crippen LogP contribution in [0.15, 0.2) is 36.7 Å². The van der Waals surface area contributed by atoms with Crippen LogP contribution < -0.4 is 4.72 Å². The van der Waals surface area contributed by atoms with Crippen LogP contribution in [0.3, 0.4) is 0 Å². The van der Waals surface area contributed by atoms with E-state index in [1.54, 1.807) is 4.72 Å². The highest BCUT2D eigenvalue weighted by Gasteiger charge is 2.30. The fourth-order valence-corrected chi connectivity index (χ4v) is 3.74. The van der Waals surface area contributed by atoms with E-state index in [2.05, 4.69) is 14.8 Å². The van der Waals surface area contributed by atoms with Crippen LogP contribution in [-0.4, -0.2) is 36.1 Å². The lowest BCUT2D eigenvalue weighted by Crippen LogP contribution is -2.22. The summed E-state index contributed by atoms with van der Waals surface area (Å²) in [7, 11) is -4.50. The summed E-state index contributed by atoms with van der Waals surface area (Å²) < 4.78 is 77.1. The van der Waals surface area contributed by atoms with Gasteiger partial charge in [-0.25, -0.2) is 17.7 Å². The summed E-state index contributed by atoms with van der Waals surface area (Å²) >= 11 is 0. The third kappa shape index (κ3) is 4.57. The lowest BCUT2D eigenvalue weighted by atomic mass is 10.0. The molecule has 0 radical (unpaired) electrons. The molecule has 3 aromatic rings. The van der Waals surface area contributed by atoms with Crippen molar-refractivity contribution in [1.29, 1.82) is 0 Å². The Balaban J connectivity index is 1.94. The summed E-state index contributed by atoms with van der Waals surface area (Å²) in [4.78, 5) is 22.7. The molecule has 7 nitrogen and oxygen atoms in total. The maximum Gasteiger partial charge on any atom is 0.390 e. The van der Waals surface area contributed by atoms with Gasteiger partial charge in [-0.05, 0) is 18.2 Å². The van der Waals surface area contributed by atoms with Crippen molar-refractivity contribution in [3.05, 3.63) is 65.0 Å². The summed E-state index contributed by atoms with van der Waals surface area (Å²) in [6.45, 7) is 7.03. The van der Waals surface area contributed by atoms with Crippen molar-refractivity contribution in [1.82, 2.24) is 9.97 Å². The standard InChI is InChI=1S/C18H12F4N4O3S/c1-23-10-7-12-13(9-25-17(12)24-8-10)16(27)11-3-2-4-14(15(11)19)26-30(28,29)6-5-18(20,21)22/h2-4,7-9,26H,5-6H2,(H,24,25). The molecule has 2 heterocycles. The van der Waals surface area contributed by atoms with Gasteiger partial charge < -0.3 is 4.98 Å². The number of H-pyrrole nitrogens is 1. The Hall–Kier alpha value is -3.46. The number of halogens is 4. The molecule has 0 aliphatic heterocycles. The van der Waals surface area contributed by atoms with Crippen LogP contribution in [0, 0.1) is 12.4 Å². The Morgan fingerprint density at radius 2 is 2.00 bits per heavy atom. The minimum absolute atomic E-state index is 0.000946. The molecule has 3 rings (SSSR count). The van der Waals surface area contributed by atoms with E-state index in [4.69, 9.17) is 6.57 Å². The predicted octanol–water partition coefficient (Wildman–Crippen LogP) is 4.18. The number of carbonyl (C=O) groups excluding carboxylic acids is 1. The Kier molecular flexibility index (Phi) is 5.49. The molecule has 0 unspecified atom stereocenters. The molecule has 12 heteroatoms. The van der Waals surface area contributed by atoms with Gasteiger partial charge in [-0.3, -0.25) is 14.5 Å². The number of rotatable bonds is 6. The number of ketones is 1. The van der Waals surface area contributed by atoms with E-state index in [1.165, 1.54) is 24.5 Å². The molecule has 30 heavy (non-hydrogen) atoms. The van der Waals surface area contributed by atoms with Gasteiger partial charge in [-0.15, -0.1) is 0 Å². The number of benzene rings is 1. The van der Waals surface area contributed by atoms with Crippen molar-refractivity contribution in [2.75, 3.05) is 10.5 Å². The highest BCUT2D eigenvalue weighted by Crippen LogP contribution is 2.27. The second-order valence-electron chi connectivity index (χ2n) is 6.19. The summed E-state index contributed by atoms with van der Waals surface area (Å²) in [6.07, 6.45) is -3.74. The molecular formula is C18H12F4N4O3S. The number of anilines is 1. The van der Waals surface area contributed by atoms with Gasteiger partial charge in [0.2, 0.25) is 15.7 Å². The van der Waals surface area contributed by atoms with Crippen LogP contribution >= 0.6 is 0 Å². The quantitative estimate of drug-likeness (QED) is 0.342. The molecule has 0 fully saturated rings. The zero-order valence-electron chi connectivity index (χ0n) is 14.9. The SMILES string of the molecule is [C-]#[N+]c1cnc2[nH]cc(C(=O)c3cccc(NS(=O)(=O)CCC(F)(F)F)c3F)c2c1. The molecule has 0 saturated heterocycles. The fraction of sp³-hybridized carbons (Fsp3) is 0.167. The van der Waals surface area contributed by atoms with Crippen molar-refractivity contribution in [2.45, 2.75) is 12.6 Å². The first-order valence-corrected chi connectivity index (χ1v) is 9.91. The number of fused-ring (bicyclic) bond motifs is 1. The summed E-state index contributed by atoms with van der Waals surface area (Å²) in [6, 6.07) is 4.68. The number of hydrogen-bond donors (Lipinski definition) is 2. The van der Waals surface area contributed by atoms with Gasteiger partial charge >= 0.3 is 6.18 Å². The number of nitrogens with zero attached hydrogens (tertiary/aromatic N) is 2. The van der Waals surface area contributed by atoms with E-state index in [0.29, 0.717) is 0 Å². The molecule has 0 atom stereocenters. The average molecular weight is 440 g/mol. The normalized spacial score (nSPS) is 12.0. The van der Waals surface area contributed by atoms with Crippen molar-refractivity contribution < 1.29 is 30.8 Å².